The van der Waals surface area contributed by atoms with Gasteiger partial charge in [0.05, 0.1) is 6.61 Å². The van der Waals surface area contributed by atoms with Crippen molar-refractivity contribution >= 4 is 29.1 Å². The predicted octanol–water partition coefficient (Wildman–Crippen LogP) is 0.670. The van der Waals surface area contributed by atoms with Gasteiger partial charge in [0.15, 0.2) is 0 Å². The number of aromatic nitrogens is 1. The Bertz CT molecular complexity index is 557. The van der Waals surface area contributed by atoms with Crippen molar-refractivity contribution < 1.29 is 19.1 Å². The van der Waals surface area contributed by atoms with E-state index >= 15 is 0 Å². The fourth-order valence-electron chi connectivity index (χ4n) is 2.17. The summed E-state index contributed by atoms with van der Waals surface area (Å²) in [5.74, 6) is -0.846. The molecule has 2 amide bonds. The van der Waals surface area contributed by atoms with Crippen LogP contribution in [0.1, 0.15) is 40.6 Å². The van der Waals surface area contributed by atoms with Crippen LogP contribution in [0.5, 0.6) is 0 Å². The van der Waals surface area contributed by atoms with Gasteiger partial charge in [0.1, 0.15) is 5.69 Å². The highest BCUT2D eigenvalue weighted by Gasteiger charge is 2.29. The lowest BCUT2D eigenvalue weighted by Crippen LogP contribution is -2.37. The molecule has 0 radical (unpaired) electrons. The van der Waals surface area contributed by atoms with Crippen molar-refractivity contribution in [3.8, 4) is 0 Å². The Balaban J connectivity index is 1.98. The van der Waals surface area contributed by atoms with Gasteiger partial charge in [-0.2, -0.15) is 0 Å². The van der Waals surface area contributed by atoms with E-state index in [1.165, 1.54) is 6.92 Å². The zero-order valence-corrected chi connectivity index (χ0v) is 12.7. The molecule has 1 saturated heterocycles. The molecule has 0 aliphatic carbocycles. The summed E-state index contributed by atoms with van der Waals surface area (Å²) in [5, 5.41) is 4.53. The summed E-state index contributed by atoms with van der Waals surface area (Å²) in [5.41, 5.74) is 0.242. The molecule has 21 heavy (non-hydrogen) atoms. The number of nitrogens with one attached hydrogen (secondary N) is 1. The zero-order chi connectivity index (χ0) is 15.4. The van der Waals surface area contributed by atoms with E-state index in [0.717, 1.165) is 17.8 Å². The summed E-state index contributed by atoms with van der Waals surface area (Å²) < 4.78 is 4.84. The van der Waals surface area contributed by atoms with Crippen LogP contribution in [-0.4, -0.2) is 53.4 Å². The second-order valence-electron chi connectivity index (χ2n) is 4.70. The number of hydrogen-bond donors (Lipinski definition) is 1. The average Bonchev–Trinajstić information content (AvgIpc) is 3.06. The normalized spacial score (nSPS) is 17.6. The lowest BCUT2D eigenvalue weighted by molar-refractivity contribution is -0.119. The first-order chi connectivity index (χ1) is 10.0. The quantitative estimate of drug-likeness (QED) is 0.826. The molecule has 1 aliphatic heterocycles. The van der Waals surface area contributed by atoms with E-state index in [-0.39, 0.29) is 35.2 Å². The molecule has 2 rings (SSSR count). The number of likely N-dealkylation sites (tertiary alicyclic amines) is 1. The molecule has 114 valence electrons. The van der Waals surface area contributed by atoms with Gasteiger partial charge in [-0.05, 0) is 13.3 Å². The van der Waals surface area contributed by atoms with Crippen LogP contribution in [0.3, 0.4) is 0 Å². The Morgan fingerprint density at radius 3 is 2.95 bits per heavy atom. The molecule has 1 atom stereocenters. The highest BCUT2D eigenvalue weighted by atomic mass is 32.1. The van der Waals surface area contributed by atoms with Gasteiger partial charge in [0.2, 0.25) is 10.9 Å². The third-order valence-corrected chi connectivity index (χ3v) is 3.88. The van der Waals surface area contributed by atoms with Gasteiger partial charge < -0.3 is 15.0 Å². The van der Waals surface area contributed by atoms with Crippen molar-refractivity contribution in [1.82, 2.24) is 15.2 Å². The number of carbonyl (C=O) groups excluding carboxylic acids is 3. The molecule has 1 aliphatic rings. The highest BCUT2D eigenvalue weighted by molar-refractivity contribution is 7.11. The van der Waals surface area contributed by atoms with Crippen LogP contribution >= 0.6 is 11.3 Å². The molecule has 0 spiro atoms. The molecule has 1 aromatic heterocycles. The second kappa shape index (κ2) is 6.66. The molecule has 1 aromatic rings. The summed E-state index contributed by atoms with van der Waals surface area (Å²) in [6, 6.07) is -0.0189. The van der Waals surface area contributed by atoms with Gasteiger partial charge >= 0.3 is 5.97 Å². The minimum absolute atomic E-state index is 0.0189. The van der Waals surface area contributed by atoms with Crippen LogP contribution in [-0.2, 0) is 9.53 Å². The summed E-state index contributed by atoms with van der Waals surface area (Å²) >= 11 is 1.09. The van der Waals surface area contributed by atoms with Gasteiger partial charge in [-0.15, -0.1) is 11.3 Å². The first-order valence-corrected chi connectivity index (χ1v) is 7.58. The van der Waals surface area contributed by atoms with Crippen LogP contribution in [0.25, 0.3) is 0 Å². The highest BCUT2D eigenvalue weighted by Crippen LogP contribution is 2.17. The van der Waals surface area contributed by atoms with Crippen LogP contribution in [0, 0.1) is 0 Å². The maximum absolute atomic E-state index is 12.3. The summed E-state index contributed by atoms with van der Waals surface area (Å²) in [7, 11) is 0. The van der Waals surface area contributed by atoms with Gasteiger partial charge in [0, 0.05) is 31.4 Å². The molecule has 0 saturated carbocycles. The van der Waals surface area contributed by atoms with Crippen LogP contribution in [0.4, 0.5) is 0 Å². The number of carbonyl (C=O) groups is 3. The Labute approximate surface area is 126 Å². The van der Waals surface area contributed by atoms with Crippen molar-refractivity contribution in [2.75, 3.05) is 19.7 Å². The van der Waals surface area contributed by atoms with Gasteiger partial charge in [-0.3, -0.25) is 9.59 Å². The Kier molecular flexibility index (Phi) is 4.89. The Hall–Kier alpha value is -1.96. The first-order valence-electron chi connectivity index (χ1n) is 6.70. The number of esters is 1. The standard InChI is InChI=1S/C13H17N3O4S/c1-3-20-13(19)11-15-10(7-21-11)12(18)16-5-4-9(6-16)14-8(2)17/h7,9H,3-6H2,1-2H3,(H,14,17). The van der Waals surface area contributed by atoms with Crippen molar-refractivity contribution in [2.45, 2.75) is 26.3 Å². The smallest absolute Gasteiger partial charge is 0.367 e. The minimum atomic E-state index is -0.515. The monoisotopic (exact) mass is 311 g/mol. The van der Waals surface area contributed by atoms with Crippen LogP contribution < -0.4 is 5.32 Å². The van der Waals surface area contributed by atoms with E-state index in [9.17, 15) is 14.4 Å². The summed E-state index contributed by atoms with van der Waals surface area (Å²) in [6.07, 6.45) is 0.722. The number of amides is 2. The van der Waals surface area contributed by atoms with Gasteiger partial charge in [-0.1, -0.05) is 0 Å². The van der Waals surface area contributed by atoms with E-state index in [1.807, 2.05) is 0 Å². The molecular weight excluding hydrogens is 294 g/mol. The van der Waals surface area contributed by atoms with E-state index in [1.54, 1.807) is 17.2 Å². The van der Waals surface area contributed by atoms with Gasteiger partial charge in [-0.25, -0.2) is 9.78 Å². The average molecular weight is 311 g/mol. The maximum atomic E-state index is 12.3. The predicted molar refractivity (Wildman–Crippen MR) is 76.2 cm³/mol. The third kappa shape index (κ3) is 3.78. The number of thiazole rings is 1. The maximum Gasteiger partial charge on any atom is 0.367 e. The topological polar surface area (TPSA) is 88.6 Å². The van der Waals surface area contributed by atoms with Crippen molar-refractivity contribution in [1.29, 1.82) is 0 Å². The molecule has 1 N–H and O–H groups in total. The summed E-state index contributed by atoms with van der Waals surface area (Å²) in [6.45, 7) is 4.47. The molecule has 7 nitrogen and oxygen atoms in total. The Morgan fingerprint density at radius 2 is 2.29 bits per heavy atom. The lowest BCUT2D eigenvalue weighted by Gasteiger charge is -2.15. The molecular formula is C13H17N3O4S. The number of ether oxygens (including phenoxy) is 1. The molecule has 1 unspecified atom stereocenters. The number of rotatable bonds is 4. The van der Waals surface area contributed by atoms with Crippen molar-refractivity contribution in [3.05, 3.63) is 16.1 Å². The van der Waals surface area contributed by atoms with Crippen molar-refractivity contribution in [3.63, 3.8) is 0 Å². The van der Waals surface area contributed by atoms with Crippen LogP contribution in [0.2, 0.25) is 0 Å². The molecule has 8 heteroatoms. The fraction of sp³-hybridized carbons (Fsp3) is 0.538. The van der Waals surface area contributed by atoms with Gasteiger partial charge in [0.25, 0.3) is 5.91 Å². The third-order valence-electron chi connectivity index (χ3n) is 3.06. The summed E-state index contributed by atoms with van der Waals surface area (Å²) in [4.78, 5) is 40.5. The largest absolute Gasteiger partial charge is 0.461 e. The Morgan fingerprint density at radius 1 is 1.52 bits per heavy atom. The zero-order valence-electron chi connectivity index (χ0n) is 11.9. The first kappa shape index (κ1) is 15.4. The van der Waals surface area contributed by atoms with E-state index in [2.05, 4.69) is 10.3 Å². The lowest BCUT2D eigenvalue weighted by atomic mass is 10.2. The number of hydrogen-bond acceptors (Lipinski definition) is 6. The van der Waals surface area contributed by atoms with E-state index in [4.69, 9.17) is 4.74 Å². The molecule has 1 fully saturated rings. The molecule has 0 bridgehead atoms. The SMILES string of the molecule is CCOC(=O)c1nc(C(=O)N2CCC(NC(C)=O)C2)cs1. The van der Waals surface area contributed by atoms with E-state index in [0.29, 0.717) is 13.1 Å². The second-order valence-corrected chi connectivity index (χ2v) is 5.55. The fourth-order valence-corrected chi connectivity index (χ4v) is 2.85. The van der Waals surface area contributed by atoms with Crippen molar-refractivity contribution in [2.24, 2.45) is 0 Å². The van der Waals surface area contributed by atoms with E-state index < -0.39 is 5.97 Å². The number of nitrogens with zero attached hydrogens (tertiary/aromatic N) is 2. The minimum Gasteiger partial charge on any atom is -0.461 e. The molecule has 0 aromatic carbocycles. The molecule has 2 heterocycles. The van der Waals surface area contributed by atoms with Crippen LogP contribution in [0.15, 0.2) is 5.38 Å².